The van der Waals surface area contributed by atoms with E-state index < -0.39 is 0 Å². The molecule has 0 aliphatic carbocycles. The number of amides is 1. The molecule has 0 radical (unpaired) electrons. The third kappa shape index (κ3) is 5.09. The summed E-state index contributed by atoms with van der Waals surface area (Å²) in [6.45, 7) is 3.24. The van der Waals surface area contributed by atoms with Crippen LogP contribution in [0.25, 0.3) is 10.2 Å². The van der Waals surface area contributed by atoms with Gasteiger partial charge in [-0.05, 0) is 29.8 Å². The van der Waals surface area contributed by atoms with Crippen molar-refractivity contribution in [2.24, 2.45) is 0 Å². The molecule has 2 aromatic carbocycles. The van der Waals surface area contributed by atoms with E-state index in [0.29, 0.717) is 12.8 Å². The lowest BCUT2D eigenvalue weighted by molar-refractivity contribution is -0.116. The van der Waals surface area contributed by atoms with Crippen molar-refractivity contribution in [2.75, 3.05) is 29.9 Å². The first-order valence-corrected chi connectivity index (χ1v) is 11.3. The van der Waals surface area contributed by atoms with Gasteiger partial charge in [0.2, 0.25) is 5.91 Å². The molecule has 0 unspecified atom stereocenters. The van der Waals surface area contributed by atoms with E-state index in [2.05, 4.69) is 33.4 Å². The van der Waals surface area contributed by atoms with E-state index in [0.717, 1.165) is 35.8 Å². The molecule has 0 bridgehead atoms. The van der Waals surface area contributed by atoms with Crippen LogP contribution in [0.5, 0.6) is 0 Å². The maximum atomic E-state index is 12.4. The van der Waals surface area contributed by atoms with Crippen molar-refractivity contribution in [2.45, 2.75) is 19.4 Å². The second kappa shape index (κ2) is 8.87. The number of thiazole rings is 1. The van der Waals surface area contributed by atoms with Crippen molar-refractivity contribution in [3.63, 3.8) is 0 Å². The summed E-state index contributed by atoms with van der Waals surface area (Å²) >= 11 is 3.69. The number of carbonyl (C=O) groups excluding carboxylic acids is 1. The quantitative estimate of drug-likeness (QED) is 0.669. The topological polar surface area (TPSA) is 45.2 Å². The van der Waals surface area contributed by atoms with Gasteiger partial charge in [-0.1, -0.05) is 24.3 Å². The van der Waals surface area contributed by atoms with Gasteiger partial charge >= 0.3 is 0 Å². The van der Waals surface area contributed by atoms with Gasteiger partial charge in [-0.15, -0.1) is 11.3 Å². The predicted molar refractivity (Wildman–Crippen MR) is 116 cm³/mol. The third-order valence-corrected chi connectivity index (χ3v) is 6.66. The Bertz CT molecular complexity index is 885. The molecule has 4 nitrogen and oxygen atoms in total. The van der Waals surface area contributed by atoms with Crippen LogP contribution in [0.4, 0.5) is 5.69 Å². The van der Waals surface area contributed by atoms with Gasteiger partial charge in [-0.2, -0.15) is 11.8 Å². The van der Waals surface area contributed by atoms with Crippen LogP contribution in [0.3, 0.4) is 0 Å². The number of benzene rings is 2. The molecular weight excluding hydrogens is 374 g/mol. The van der Waals surface area contributed by atoms with Gasteiger partial charge in [0, 0.05) is 49.7 Å². The lowest BCUT2D eigenvalue weighted by Crippen LogP contribution is -2.31. The molecule has 0 atom stereocenters. The van der Waals surface area contributed by atoms with Crippen LogP contribution in [0.1, 0.15) is 17.0 Å². The van der Waals surface area contributed by atoms with E-state index in [1.54, 1.807) is 11.3 Å². The fourth-order valence-electron chi connectivity index (χ4n) is 3.24. The molecule has 1 aliphatic rings. The minimum Gasteiger partial charge on any atom is -0.326 e. The Morgan fingerprint density at radius 3 is 2.81 bits per heavy atom. The molecule has 2 heterocycles. The highest BCUT2D eigenvalue weighted by Crippen LogP contribution is 2.22. The molecule has 0 spiro atoms. The Hall–Kier alpha value is -1.89. The third-order valence-electron chi connectivity index (χ3n) is 4.62. The Labute approximate surface area is 168 Å². The standard InChI is InChI=1S/C21H23N3OS2/c25-20(8-9-21-23-18-6-1-2-7-19(18)27-21)22-17-5-3-4-16(14-17)15-24-10-12-26-13-11-24/h1-7,14H,8-13,15H2,(H,22,25). The van der Waals surface area contributed by atoms with Crippen molar-refractivity contribution >= 4 is 44.9 Å². The zero-order valence-electron chi connectivity index (χ0n) is 15.2. The molecule has 1 N–H and O–H groups in total. The number of nitrogens with one attached hydrogen (secondary N) is 1. The first-order chi connectivity index (χ1) is 13.3. The maximum absolute atomic E-state index is 12.4. The van der Waals surface area contributed by atoms with Crippen molar-refractivity contribution in [1.29, 1.82) is 0 Å². The minimum atomic E-state index is 0.0424. The highest BCUT2D eigenvalue weighted by Gasteiger charge is 2.11. The summed E-state index contributed by atoms with van der Waals surface area (Å²) in [7, 11) is 0. The first-order valence-electron chi connectivity index (χ1n) is 9.29. The second-order valence-corrected chi connectivity index (χ2v) is 9.05. The van der Waals surface area contributed by atoms with Crippen LogP contribution in [-0.2, 0) is 17.8 Å². The van der Waals surface area contributed by atoms with Gasteiger partial charge in [-0.25, -0.2) is 4.98 Å². The maximum Gasteiger partial charge on any atom is 0.224 e. The summed E-state index contributed by atoms with van der Waals surface area (Å²) in [6, 6.07) is 16.3. The molecule has 27 heavy (non-hydrogen) atoms. The van der Waals surface area contributed by atoms with Crippen LogP contribution >= 0.6 is 23.1 Å². The van der Waals surface area contributed by atoms with E-state index in [1.807, 2.05) is 42.1 Å². The lowest BCUT2D eigenvalue weighted by atomic mass is 10.2. The number of hydrogen-bond donors (Lipinski definition) is 1. The highest BCUT2D eigenvalue weighted by atomic mass is 32.2. The predicted octanol–water partition coefficient (Wildman–Crippen LogP) is 4.42. The molecule has 1 fully saturated rings. The molecule has 4 rings (SSSR count). The smallest absolute Gasteiger partial charge is 0.224 e. The van der Waals surface area contributed by atoms with Gasteiger partial charge < -0.3 is 5.32 Å². The molecule has 1 saturated heterocycles. The normalized spacial score (nSPS) is 15.1. The number of nitrogens with zero attached hydrogens (tertiary/aromatic N) is 2. The van der Waals surface area contributed by atoms with E-state index in [1.165, 1.54) is 21.8 Å². The second-order valence-electron chi connectivity index (χ2n) is 6.71. The Balaban J connectivity index is 1.31. The Morgan fingerprint density at radius 2 is 1.96 bits per heavy atom. The zero-order valence-corrected chi connectivity index (χ0v) is 16.8. The Morgan fingerprint density at radius 1 is 1.11 bits per heavy atom. The fraction of sp³-hybridized carbons (Fsp3) is 0.333. The number of aromatic nitrogens is 1. The summed E-state index contributed by atoms with van der Waals surface area (Å²) in [4.78, 5) is 19.4. The number of fused-ring (bicyclic) bond motifs is 1. The summed E-state index contributed by atoms with van der Waals surface area (Å²) in [5.74, 6) is 2.46. The van der Waals surface area contributed by atoms with E-state index in [9.17, 15) is 4.79 Å². The minimum absolute atomic E-state index is 0.0424. The number of anilines is 1. The van der Waals surface area contributed by atoms with Crippen molar-refractivity contribution < 1.29 is 4.79 Å². The largest absolute Gasteiger partial charge is 0.326 e. The number of carbonyl (C=O) groups is 1. The van der Waals surface area contributed by atoms with Crippen molar-refractivity contribution in [1.82, 2.24) is 9.88 Å². The summed E-state index contributed by atoms with van der Waals surface area (Å²) in [5, 5.41) is 4.06. The number of aryl methyl sites for hydroxylation is 1. The number of para-hydroxylation sites is 1. The van der Waals surface area contributed by atoms with Crippen LogP contribution in [0.15, 0.2) is 48.5 Å². The molecule has 140 valence electrons. The Kier molecular flexibility index (Phi) is 6.07. The summed E-state index contributed by atoms with van der Waals surface area (Å²) in [5.41, 5.74) is 3.15. The van der Waals surface area contributed by atoms with Crippen LogP contribution in [-0.4, -0.2) is 40.4 Å². The molecule has 1 aliphatic heterocycles. The van der Waals surface area contributed by atoms with Gasteiger partial charge in [0.1, 0.15) is 0 Å². The lowest BCUT2D eigenvalue weighted by Gasteiger charge is -2.26. The molecule has 1 amide bonds. The fourth-order valence-corrected chi connectivity index (χ4v) is 5.18. The average Bonchev–Trinajstić information content (AvgIpc) is 3.11. The van der Waals surface area contributed by atoms with Gasteiger partial charge in [0.05, 0.1) is 15.2 Å². The first kappa shape index (κ1) is 18.5. The molecule has 3 aromatic rings. The number of thioether (sulfide) groups is 1. The summed E-state index contributed by atoms with van der Waals surface area (Å²) < 4.78 is 1.18. The van der Waals surface area contributed by atoms with Gasteiger partial charge in [-0.3, -0.25) is 9.69 Å². The van der Waals surface area contributed by atoms with E-state index in [4.69, 9.17) is 0 Å². The molecule has 6 heteroatoms. The molecule has 0 saturated carbocycles. The molecule has 1 aromatic heterocycles. The monoisotopic (exact) mass is 397 g/mol. The van der Waals surface area contributed by atoms with Crippen LogP contribution < -0.4 is 5.32 Å². The number of hydrogen-bond acceptors (Lipinski definition) is 5. The van der Waals surface area contributed by atoms with E-state index >= 15 is 0 Å². The highest BCUT2D eigenvalue weighted by molar-refractivity contribution is 7.99. The van der Waals surface area contributed by atoms with Crippen LogP contribution in [0.2, 0.25) is 0 Å². The van der Waals surface area contributed by atoms with Crippen LogP contribution in [0, 0.1) is 0 Å². The van der Waals surface area contributed by atoms with Gasteiger partial charge in [0.25, 0.3) is 0 Å². The van der Waals surface area contributed by atoms with E-state index in [-0.39, 0.29) is 5.91 Å². The molecular formula is C21H23N3OS2. The van der Waals surface area contributed by atoms with Crippen molar-refractivity contribution in [3.8, 4) is 0 Å². The van der Waals surface area contributed by atoms with Gasteiger partial charge in [0.15, 0.2) is 0 Å². The number of rotatable bonds is 6. The average molecular weight is 398 g/mol. The zero-order chi connectivity index (χ0) is 18.5. The SMILES string of the molecule is O=C(CCc1nc2ccccc2s1)Nc1cccc(CN2CCSCC2)c1. The van der Waals surface area contributed by atoms with Crippen molar-refractivity contribution in [3.05, 3.63) is 59.1 Å². The summed E-state index contributed by atoms with van der Waals surface area (Å²) in [6.07, 6.45) is 1.13.